The number of carbonyl (C=O) groups is 1. The second-order valence-electron chi connectivity index (χ2n) is 4.05. The number of benzene rings is 1. The Morgan fingerprint density at radius 3 is 2.84 bits per heavy atom. The van der Waals surface area contributed by atoms with Crippen molar-refractivity contribution in [3.8, 4) is 0 Å². The Morgan fingerprint density at radius 1 is 1.42 bits per heavy atom. The van der Waals surface area contributed by atoms with Crippen molar-refractivity contribution < 1.29 is 14.5 Å². The third-order valence-electron chi connectivity index (χ3n) is 2.84. The lowest BCUT2D eigenvalue weighted by Crippen LogP contribution is -2.11. The zero-order valence-corrected chi connectivity index (χ0v) is 10.5. The van der Waals surface area contributed by atoms with E-state index in [0.29, 0.717) is 11.3 Å². The molecular formula is C13H14N2O4. The van der Waals surface area contributed by atoms with E-state index in [-0.39, 0.29) is 19.6 Å². The summed E-state index contributed by atoms with van der Waals surface area (Å²) in [6.07, 6.45) is 0.200. The Bertz CT molecular complexity index is 618. The van der Waals surface area contributed by atoms with Crippen LogP contribution in [0, 0.1) is 10.1 Å². The Morgan fingerprint density at radius 2 is 2.16 bits per heavy atom. The highest BCUT2D eigenvalue weighted by atomic mass is 16.6. The van der Waals surface area contributed by atoms with Gasteiger partial charge in [-0.3, -0.25) is 10.1 Å². The van der Waals surface area contributed by atoms with Crippen molar-refractivity contribution in [1.82, 2.24) is 4.98 Å². The Balaban J connectivity index is 2.45. The molecule has 1 aromatic carbocycles. The SMILES string of the molecule is CCOC(=O)c1[nH]c2ccccc2c1CC[N+](=O)[O-]. The first-order valence-corrected chi connectivity index (χ1v) is 6.02. The molecule has 6 nitrogen and oxygen atoms in total. The number of aromatic amines is 1. The van der Waals surface area contributed by atoms with Gasteiger partial charge in [0.15, 0.2) is 0 Å². The molecule has 2 rings (SSSR count). The normalized spacial score (nSPS) is 10.6. The van der Waals surface area contributed by atoms with E-state index in [9.17, 15) is 14.9 Å². The fourth-order valence-corrected chi connectivity index (χ4v) is 2.04. The van der Waals surface area contributed by atoms with E-state index in [0.717, 1.165) is 10.9 Å². The summed E-state index contributed by atoms with van der Waals surface area (Å²) in [5, 5.41) is 11.3. The third kappa shape index (κ3) is 2.73. The first-order valence-electron chi connectivity index (χ1n) is 6.02. The van der Waals surface area contributed by atoms with Crippen LogP contribution in [0.15, 0.2) is 24.3 Å². The fraction of sp³-hybridized carbons (Fsp3) is 0.308. The van der Waals surface area contributed by atoms with Crippen molar-refractivity contribution in [2.75, 3.05) is 13.2 Å². The van der Waals surface area contributed by atoms with Gasteiger partial charge in [-0.1, -0.05) is 18.2 Å². The number of hydrogen-bond donors (Lipinski definition) is 1. The Hall–Kier alpha value is -2.37. The Labute approximate surface area is 109 Å². The van der Waals surface area contributed by atoms with Crippen LogP contribution >= 0.6 is 0 Å². The summed E-state index contributed by atoms with van der Waals surface area (Å²) in [6, 6.07) is 7.34. The van der Waals surface area contributed by atoms with Crippen LogP contribution in [0.4, 0.5) is 0 Å². The molecular weight excluding hydrogens is 248 g/mol. The van der Waals surface area contributed by atoms with Crippen molar-refractivity contribution >= 4 is 16.9 Å². The number of esters is 1. The molecule has 0 spiro atoms. The van der Waals surface area contributed by atoms with Crippen molar-refractivity contribution in [1.29, 1.82) is 0 Å². The standard InChI is InChI=1S/C13H14N2O4/c1-2-19-13(16)12-10(7-8-15(17)18)9-5-3-4-6-11(9)14-12/h3-6,14H,2,7-8H2,1H3. The summed E-state index contributed by atoms with van der Waals surface area (Å²) in [5.74, 6) is -0.475. The average Bonchev–Trinajstić information content (AvgIpc) is 2.75. The van der Waals surface area contributed by atoms with E-state index in [1.165, 1.54) is 0 Å². The number of para-hydroxylation sites is 1. The molecule has 0 aliphatic rings. The van der Waals surface area contributed by atoms with Crippen LogP contribution in [-0.4, -0.2) is 29.0 Å². The predicted octanol–water partition coefficient (Wildman–Crippen LogP) is 2.16. The van der Waals surface area contributed by atoms with E-state index < -0.39 is 10.9 Å². The molecule has 0 unspecified atom stereocenters. The summed E-state index contributed by atoms with van der Waals surface area (Å²) in [7, 11) is 0. The van der Waals surface area contributed by atoms with Gasteiger partial charge < -0.3 is 9.72 Å². The second kappa shape index (κ2) is 5.51. The maximum atomic E-state index is 11.9. The topological polar surface area (TPSA) is 85.2 Å². The van der Waals surface area contributed by atoms with Crippen molar-refractivity contribution in [2.45, 2.75) is 13.3 Å². The van der Waals surface area contributed by atoms with Gasteiger partial charge in [-0.25, -0.2) is 4.79 Å². The molecule has 0 amide bonds. The van der Waals surface area contributed by atoms with Crippen molar-refractivity contribution in [2.24, 2.45) is 0 Å². The zero-order chi connectivity index (χ0) is 13.8. The van der Waals surface area contributed by atoms with E-state index in [1.54, 1.807) is 6.92 Å². The Kier molecular flexibility index (Phi) is 3.79. The van der Waals surface area contributed by atoms with Gasteiger partial charge in [0.25, 0.3) is 0 Å². The van der Waals surface area contributed by atoms with Gasteiger partial charge in [0.2, 0.25) is 6.54 Å². The number of H-pyrrole nitrogens is 1. The molecule has 1 heterocycles. The number of rotatable bonds is 5. The van der Waals surface area contributed by atoms with E-state index >= 15 is 0 Å². The number of carbonyl (C=O) groups excluding carboxylic acids is 1. The van der Waals surface area contributed by atoms with Crippen LogP contribution < -0.4 is 0 Å². The molecule has 100 valence electrons. The molecule has 0 fully saturated rings. The lowest BCUT2D eigenvalue weighted by Gasteiger charge is -2.02. The van der Waals surface area contributed by atoms with E-state index in [2.05, 4.69) is 4.98 Å². The highest BCUT2D eigenvalue weighted by Gasteiger charge is 2.19. The van der Waals surface area contributed by atoms with Crippen LogP contribution in [0.1, 0.15) is 23.0 Å². The maximum absolute atomic E-state index is 11.9. The summed E-state index contributed by atoms with van der Waals surface area (Å²) in [6.45, 7) is 1.77. The number of fused-ring (bicyclic) bond motifs is 1. The number of nitro groups is 1. The highest BCUT2D eigenvalue weighted by Crippen LogP contribution is 2.23. The van der Waals surface area contributed by atoms with Crippen LogP contribution in [0.3, 0.4) is 0 Å². The van der Waals surface area contributed by atoms with Gasteiger partial charge in [0, 0.05) is 22.2 Å². The molecule has 0 saturated heterocycles. The van der Waals surface area contributed by atoms with Crippen molar-refractivity contribution in [3.05, 3.63) is 45.6 Å². The van der Waals surface area contributed by atoms with Gasteiger partial charge in [-0.15, -0.1) is 0 Å². The molecule has 2 aromatic rings. The first-order chi connectivity index (χ1) is 9.13. The van der Waals surface area contributed by atoms with E-state index in [4.69, 9.17) is 4.74 Å². The number of hydrogen-bond acceptors (Lipinski definition) is 4. The van der Waals surface area contributed by atoms with Gasteiger partial charge in [-0.05, 0) is 18.6 Å². The lowest BCUT2D eigenvalue weighted by atomic mass is 10.1. The zero-order valence-electron chi connectivity index (χ0n) is 10.5. The fourth-order valence-electron chi connectivity index (χ4n) is 2.04. The highest BCUT2D eigenvalue weighted by molar-refractivity contribution is 5.98. The van der Waals surface area contributed by atoms with Gasteiger partial charge in [0.05, 0.1) is 6.61 Å². The summed E-state index contributed by atoms with van der Waals surface area (Å²) < 4.78 is 4.96. The van der Waals surface area contributed by atoms with E-state index in [1.807, 2.05) is 24.3 Å². The van der Waals surface area contributed by atoms with Crippen LogP contribution in [0.5, 0.6) is 0 Å². The summed E-state index contributed by atoms with van der Waals surface area (Å²) >= 11 is 0. The largest absolute Gasteiger partial charge is 0.461 e. The monoisotopic (exact) mass is 262 g/mol. The minimum Gasteiger partial charge on any atom is -0.461 e. The van der Waals surface area contributed by atoms with Gasteiger partial charge in [0.1, 0.15) is 5.69 Å². The second-order valence-corrected chi connectivity index (χ2v) is 4.05. The minimum atomic E-state index is -0.475. The average molecular weight is 262 g/mol. The molecule has 0 atom stereocenters. The maximum Gasteiger partial charge on any atom is 0.355 e. The quantitative estimate of drug-likeness (QED) is 0.508. The predicted molar refractivity (Wildman–Crippen MR) is 69.8 cm³/mol. The molecule has 1 N–H and O–H groups in total. The molecule has 6 heteroatoms. The summed E-state index contributed by atoms with van der Waals surface area (Å²) in [4.78, 5) is 25.0. The summed E-state index contributed by atoms with van der Waals surface area (Å²) in [5.41, 5.74) is 1.74. The minimum absolute atomic E-state index is 0.200. The molecule has 19 heavy (non-hydrogen) atoms. The molecule has 0 bridgehead atoms. The van der Waals surface area contributed by atoms with Crippen LogP contribution in [0.2, 0.25) is 0 Å². The van der Waals surface area contributed by atoms with Crippen LogP contribution in [0.25, 0.3) is 10.9 Å². The van der Waals surface area contributed by atoms with Crippen molar-refractivity contribution in [3.63, 3.8) is 0 Å². The van der Waals surface area contributed by atoms with Crippen LogP contribution in [-0.2, 0) is 11.2 Å². The lowest BCUT2D eigenvalue weighted by molar-refractivity contribution is -0.479. The third-order valence-corrected chi connectivity index (χ3v) is 2.84. The number of aromatic nitrogens is 1. The number of nitrogens with zero attached hydrogens (tertiary/aromatic N) is 1. The molecule has 0 aliphatic carbocycles. The smallest absolute Gasteiger partial charge is 0.355 e. The molecule has 0 radical (unpaired) electrons. The number of nitrogens with one attached hydrogen (secondary N) is 1. The molecule has 1 aromatic heterocycles. The number of ether oxygens (including phenoxy) is 1. The molecule has 0 aliphatic heterocycles. The van der Waals surface area contributed by atoms with Gasteiger partial charge >= 0.3 is 5.97 Å². The molecule has 0 saturated carbocycles. The first kappa shape index (κ1) is 13.1. The van der Waals surface area contributed by atoms with Gasteiger partial charge in [-0.2, -0.15) is 0 Å².